The lowest BCUT2D eigenvalue weighted by Gasteiger charge is -2.09. The molecule has 1 atom stereocenters. The molecule has 0 saturated heterocycles. The van der Waals surface area contributed by atoms with Gasteiger partial charge in [-0.25, -0.2) is 0 Å². The van der Waals surface area contributed by atoms with E-state index in [1.165, 1.54) is 0 Å². The van der Waals surface area contributed by atoms with E-state index in [1.54, 1.807) is 7.11 Å². The van der Waals surface area contributed by atoms with Crippen molar-refractivity contribution in [3.8, 4) is 5.75 Å². The van der Waals surface area contributed by atoms with Crippen LogP contribution >= 0.6 is 15.9 Å². The summed E-state index contributed by atoms with van der Waals surface area (Å²) in [6, 6.07) is 7.66. The van der Waals surface area contributed by atoms with Crippen LogP contribution < -0.4 is 10.1 Å². The van der Waals surface area contributed by atoms with Crippen LogP contribution in [-0.2, 0) is 11.3 Å². The third kappa shape index (κ3) is 3.85. The van der Waals surface area contributed by atoms with Crippen molar-refractivity contribution in [2.75, 3.05) is 7.11 Å². The number of hydrogen-bond acceptors (Lipinski definition) is 2. The molecule has 16 heavy (non-hydrogen) atoms. The number of hydrogen-bond donors (Lipinski definition) is 1. The number of nitrogens with one attached hydrogen (secondary N) is 1. The van der Waals surface area contributed by atoms with Crippen LogP contribution in [0.2, 0.25) is 0 Å². The van der Waals surface area contributed by atoms with Crippen molar-refractivity contribution in [2.45, 2.75) is 24.7 Å². The third-order valence-electron chi connectivity index (χ3n) is 2.24. The molecule has 0 aliphatic heterocycles. The van der Waals surface area contributed by atoms with Crippen LogP contribution in [0.3, 0.4) is 0 Å². The Bertz CT molecular complexity index is 355. The average Bonchev–Trinajstić information content (AvgIpc) is 2.35. The molecule has 0 aliphatic carbocycles. The predicted octanol–water partition coefficient (Wildman–Crippen LogP) is 2.48. The first-order chi connectivity index (χ1) is 7.67. The quantitative estimate of drug-likeness (QED) is 0.844. The van der Waals surface area contributed by atoms with Gasteiger partial charge in [0.1, 0.15) is 5.75 Å². The van der Waals surface area contributed by atoms with Gasteiger partial charge < -0.3 is 10.1 Å². The van der Waals surface area contributed by atoms with Gasteiger partial charge in [-0.2, -0.15) is 0 Å². The minimum absolute atomic E-state index is 0.0188. The molecule has 1 N–H and O–H groups in total. The number of rotatable bonds is 5. The van der Waals surface area contributed by atoms with E-state index in [0.717, 1.165) is 17.7 Å². The zero-order valence-corrected chi connectivity index (χ0v) is 11.1. The second kappa shape index (κ2) is 6.53. The minimum Gasteiger partial charge on any atom is -0.497 e. The van der Waals surface area contributed by atoms with Gasteiger partial charge in [0.2, 0.25) is 5.91 Å². The van der Waals surface area contributed by atoms with Gasteiger partial charge in [0.15, 0.2) is 0 Å². The second-order valence-corrected chi connectivity index (χ2v) is 4.55. The number of alkyl halides is 1. The molecule has 0 radical (unpaired) electrons. The average molecular weight is 286 g/mol. The lowest BCUT2D eigenvalue weighted by atomic mass is 10.2. The van der Waals surface area contributed by atoms with Crippen molar-refractivity contribution >= 4 is 21.8 Å². The van der Waals surface area contributed by atoms with Gasteiger partial charge in [0, 0.05) is 6.54 Å². The largest absolute Gasteiger partial charge is 0.497 e. The Morgan fingerprint density at radius 1 is 1.56 bits per heavy atom. The van der Waals surface area contributed by atoms with Crippen molar-refractivity contribution in [1.82, 2.24) is 5.32 Å². The van der Waals surface area contributed by atoms with Gasteiger partial charge in [0.25, 0.3) is 0 Å². The summed E-state index contributed by atoms with van der Waals surface area (Å²) in [5, 5.41) is 2.86. The van der Waals surface area contributed by atoms with E-state index in [0.29, 0.717) is 6.54 Å². The summed E-state index contributed by atoms with van der Waals surface area (Å²) in [5.41, 5.74) is 1.03. The summed E-state index contributed by atoms with van der Waals surface area (Å²) in [6.07, 6.45) is 0.782. The Labute approximate surface area is 104 Å². The van der Waals surface area contributed by atoms with Gasteiger partial charge in [-0.1, -0.05) is 35.0 Å². The van der Waals surface area contributed by atoms with Gasteiger partial charge in [-0.05, 0) is 24.1 Å². The zero-order chi connectivity index (χ0) is 12.0. The molecule has 0 fully saturated rings. The Morgan fingerprint density at radius 2 is 2.31 bits per heavy atom. The smallest absolute Gasteiger partial charge is 0.234 e. The maximum absolute atomic E-state index is 11.5. The summed E-state index contributed by atoms with van der Waals surface area (Å²) in [6.45, 7) is 2.49. The molecule has 0 bridgehead atoms. The van der Waals surface area contributed by atoms with Crippen LogP contribution in [0.5, 0.6) is 5.75 Å². The summed E-state index contributed by atoms with van der Waals surface area (Å²) < 4.78 is 5.11. The number of methoxy groups -OCH3 is 1. The van der Waals surface area contributed by atoms with Gasteiger partial charge in [-0.15, -0.1) is 0 Å². The van der Waals surface area contributed by atoms with Crippen molar-refractivity contribution in [3.63, 3.8) is 0 Å². The number of amides is 1. The summed E-state index contributed by atoms with van der Waals surface area (Å²) in [4.78, 5) is 11.4. The first kappa shape index (κ1) is 13.0. The fraction of sp³-hybridized carbons (Fsp3) is 0.417. The van der Waals surface area contributed by atoms with E-state index in [2.05, 4.69) is 21.2 Å². The van der Waals surface area contributed by atoms with Crippen LogP contribution in [0, 0.1) is 0 Å². The molecular weight excluding hydrogens is 270 g/mol. The fourth-order valence-electron chi connectivity index (χ4n) is 1.27. The van der Waals surface area contributed by atoms with E-state index < -0.39 is 0 Å². The van der Waals surface area contributed by atoms with E-state index in [4.69, 9.17) is 4.74 Å². The number of carbonyl (C=O) groups is 1. The number of benzene rings is 1. The van der Waals surface area contributed by atoms with Crippen molar-refractivity contribution in [2.24, 2.45) is 0 Å². The Kier molecular flexibility index (Phi) is 5.32. The monoisotopic (exact) mass is 285 g/mol. The normalized spacial score (nSPS) is 11.9. The molecule has 0 aromatic heterocycles. The van der Waals surface area contributed by atoms with Crippen LogP contribution in [0.1, 0.15) is 18.9 Å². The van der Waals surface area contributed by atoms with Crippen molar-refractivity contribution in [3.05, 3.63) is 29.8 Å². The van der Waals surface area contributed by atoms with Gasteiger partial charge >= 0.3 is 0 Å². The first-order valence-electron chi connectivity index (χ1n) is 5.22. The highest BCUT2D eigenvalue weighted by molar-refractivity contribution is 9.10. The number of ether oxygens (including phenoxy) is 1. The van der Waals surface area contributed by atoms with Crippen LogP contribution in [0.4, 0.5) is 0 Å². The Morgan fingerprint density at radius 3 is 2.94 bits per heavy atom. The molecule has 1 amide bonds. The molecule has 0 spiro atoms. The Balaban J connectivity index is 2.51. The molecule has 0 aliphatic rings. The van der Waals surface area contributed by atoms with E-state index in [1.807, 2.05) is 31.2 Å². The summed E-state index contributed by atoms with van der Waals surface area (Å²) >= 11 is 3.31. The molecule has 0 saturated carbocycles. The molecule has 3 nitrogen and oxygen atoms in total. The third-order valence-corrected chi connectivity index (χ3v) is 3.31. The molecule has 88 valence electrons. The van der Waals surface area contributed by atoms with E-state index in [-0.39, 0.29) is 10.7 Å². The van der Waals surface area contributed by atoms with Crippen LogP contribution in [0.15, 0.2) is 24.3 Å². The van der Waals surface area contributed by atoms with E-state index in [9.17, 15) is 4.79 Å². The fourth-order valence-corrected chi connectivity index (χ4v) is 1.43. The van der Waals surface area contributed by atoms with Crippen LogP contribution in [0.25, 0.3) is 0 Å². The van der Waals surface area contributed by atoms with Crippen molar-refractivity contribution < 1.29 is 9.53 Å². The lowest BCUT2D eigenvalue weighted by molar-refractivity contribution is -0.120. The number of halogens is 1. The van der Waals surface area contributed by atoms with Crippen molar-refractivity contribution in [1.29, 1.82) is 0 Å². The first-order valence-corrected chi connectivity index (χ1v) is 6.13. The lowest BCUT2D eigenvalue weighted by Crippen LogP contribution is -2.30. The minimum atomic E-state index is -0.113. The molecule has 1 aromatic carbocycles. The van der Waals surface area contributed by atoms with E-state index >= 15 is 0 Å². The maximum atomic E-state index is 11.5. The van der Waals surface area contributed by atoms with Gasteiger partial charge in [-0.3, -0.25) is 4.79 Å². The highest BCUT2D eigenvalue weighted by Crippen LogP contribution is 2.12. The highest BCUT2D eigenvalue weighted by atomic mass is 79.9. The molecular formula is C12H16BrNO2. The number of carbonyl (C=O) groups excluding carboxylic acids is 1. The molecule has 1 rings (SSSR count). The molecule has 1 aromatic rings. The molecule has 4 heteroatoms. The standard InChI is InChI=1S/C12H16BrNO2/c1-3-11(13)12(15)14-8-9-5-4-6-10(7-9)16-2/h4-7,11H,3,8H2,1-2H3,(H,14,15)/t11-/m1/s1. The zero-order valence-electron chi connectivity index (χ0n) is 9.50. The molecule has 0 unspecified atom stereocenters. The SMILES string of the molecule is CC[C@@H](Br)C(=O)NCc1cccc(OC)c1. The topological polar surface area (TPSA) is 38.3 Å². The maximum Gasteiger partial charge on any atom is 0.234 e. The summed E-state index contributed by atoms with van der Waals surface area (Å²) in [5.74, 6) is 0.822. The van der Waals surface area contributed by atoms with Gasteiger partial charge in [0.05, 0.1) is 11.9 Å². The highest BCUT2D eigenvalue weighted by Gasteiger charge is 2.11. The predicted molar refractivity (Wildman–Crippen MR) is 67.8 cm³/mol. The summed E-state index contributed by atoms with van der Waals surface area (Å²) in [7, 11) is 1.63. The second-order valence-electron chi connectivity index (χ2n) is 3.45. The Hall–Kier alpha value is -1.03. The van der Waals surface area contributed by atoms with Crippen LogP contribution in [-0.4, -0.2) is 17.8 Å². The molecule has 0 heterocycles.